The van der Waals surface area contributed by atoms with Gasteiger partial charge in [-0.25, -0.2) is 13.5 Å². The van der Waals surface area contributed by atoms with Gasteiger partial charge in [-0.1, -0.05) is 6.07 Å². The van der Waals surface area contributed by atoms with Crippen LogP contribution in [0.3, 0.4) is 0 Å². The molecule has 2 heterocycles. The Kier molecular flexibility index (Phi) is 5.07. The highest BCUT2D eigenvalue weighted by atomic mass is 19.1. The Hall–Kier alpha value is -3.55. The summed E-state index contributed by atoms with van der Waals surface area (Å²) in [7, 11) is 0. The fourth-order valence-electron chi connectivity index (χ4n) is 3.73. The molecule has 0 bridgehead atoms. The molecule has 154 valence electrons. The van der Waals surface area contributed by atoms with Crippen LogP contribution < -0.4 is 10.2 Å². The number of amides is 2. The molecule has 2 aromatic carbocycles. The molecular weight excluding hydrogens is 390 g/mol. The molecule has 4 rings (SSSR count). The van der Waals surface area contributed by atoms with Gasteiger partial charge < -0.3 is 10.2 Å². The molecule has 0 unspecified atom stereocenters. The van der Waals surface area contributed by atoms with Crippen LogP contribution in [-0.4, -0.2) is 28.1 Å². The third kappa shape index (κ3) is 3.56. The van der Waals surface area contributed by atoms with E-state index in [-0.39, 0.29) is 11.6 Å². The molecule has 0 radical (unpaired) electrons. The van der Waals surface area contributed by atoms with Crippen LogP contribution >= 0.6 is 0 Å². The van der Waals surface area contributed by atoms with Crippen LogP contribution in [0.25, 0.3) is 5.69 Å². The maximum absolute atomic E-state index is 14.2. The van der Waals surface area contributed by atoms with Crippen LogP contribution in [0, 0.1) is 25.5 Å². The van der Waals surface area contributed by atoms with Crippen molar-refractivity contribution in [1.29, 1.82) is 0 Å². The van der Waals surface area contributed by atoms with Crippen molar-refractivity contribution in [2.24, 2.45) is 0 Å². The molecule has 0 atom stereocenters. The predicted octanol–water partition coefficient (Wildman–Crippen LogP) is 4.15. The van der Waals surface area contributed by atoms with E-state index in [1.54, 1.807) is 36.9 Å². The van der Waals surface area contributed by atoms with Crippen molar-refractivity contribution in [2.45, 2.75) is 26.7 Å². The number of benzene rings is 2. The largest absolute Gasteiger partial charge is 0.322 e. The van der Waals surface area contributed by atoms with Crippen LogP contribution in [0.4, 0.5) is 20.2 Å². The van der Waals surface area contributed by atoms with Gasteiger partial charge in [0.15, 0.2) is 5.82 Å². The highest BCUT2D eigenvalue weighted by Crippen LogP contribution is 2.26. The molecule has 30 heavy (non-hydrogen) atoms. The summed E-state index contributed by atoms with van der Waals surface area (Å²) in [5.74, 6) is -1.79. The number of nitrogens with one attached hydrogen (secondary N) is 1. The number of carbonyl (C=O) groups excluding carboxylic acids is 2. The zero-order valence-corrected chi connectivity index (χ0v) is 16.6. The standard InChI is InChI=1S/C22H20F2N4O2/c1-13-21(14(2)28(26-13)19-9-8-15(23)11-18(19)24)22(30)25-16-5-3-6-17(12-16)27-10-4-7-20(27)29/h3,5-6,8-9,11-12H,4,7,10H2,1-2H3,(H,25,30). The van der Waals surface area contributed by atoms with Gasteiger partial charge in [-0.3, -0.25) is 9.59 Å². The van der Waals surface area contributed by atoms with Crippen molar-refractivity contribution in [3.05, 3.63) is 71.1 Å². The number of hydrogen-bond donors (Lipinski definition) is 1. The van der Waals surface area contributed by atoms with Crippen LogP contribution in [0.15, 0.2) is 42.5 Å². The third-order valence-electron chi connectivity index (χ3n) is 5.15. The number of aryl methyl sites for hydroxylation is 1. The zero-order valence-electron chi connectivity index (χ0n) is 16.6. The molecule has 0 saturated carbocycles. The lowest BCUT2D eigenvalue weighted by molar-refractivity contribution is -0.117. The second kappa shape index (κ2) is 7.70. The minimum Gasteiger partial charge on any atom is -0.322 e. The lowest BCUT2D eigenvalue weighted by Gasteiger charge is -2.16. The van der Waals surface area contributed by atoms with Crippen molar-refractivity contribution in [3.63, 3.8) is 0 Å². The molecule has 2 amide bonds. The summed E-state index contributed by atoms with van der Waals surface area (Å²) in [5.41, 5.74) is 2.48. The normalized spacial score (nSPS) is 13.7. The summed E-state index contributed by atoms with van der Waals surface area (Å²) in [6.07, 6.45) is 1.33. The number of carbonyl (C=O) groups is 2. The first-order chi connectivity index (χ1) is 14.3. The summed E-state index contributed by atoms with van der Waals surface area (Å²) < 4.78 is 28.7. The topological polar surface area (TPSA) is 67.2 Å². The van der Waals surface area contributed by atoms with Gasteiger partial charge in [-0.2, -0.15) is 5.10 Å². The molecule has 1 aromatic heterocycles. The number of aromatic nitrogens is 2. The summed E-state index contributed by atoms with van der Waals surface area (Å²) in [4.78, 5) is 26.6. The number of anilines is 2. The highest BCUT2D eigenvalue weighted by Gasteiger charge is 2.23. The van der Waals surface area contributed by atoms with E-state index in [1.807, 2.05) is 6.07 Å². The highest BCUT2D eigenvalue weighted by molar-refractivity contribution is 6.06. The van der Waals surface area contributed by atoms with Gasteiger partial charge >= 0.3 is 0 Å². The molecule has 1 aliphatic heterocycles. The van der Waals surface area contributed by atoms with Gasteiger partial charge in [0.25, 0.3) is 5.91 Å². The van der Waals surface area contributed by atoms with E-state index in [4.69, 9.17) is 0 Å². The first-order valence-electron chi connectivity index (χ1n) is 9.58. The molecule has 1 aliphatic rings. The Morgan fingerprint density at radius 1 is 1.13 bits per heavy atom. The van der Waals surface area contributed by atoms with Crippen molar-refractivity contribution < 1.29 is 18.4 Å². The molecule has 1 saturated heterocycles. The second-order valence-corrected chi connectivity index (χ2v) is 7.21. The van der Waals surface area contributed by atoms with Crippen molar-refractivity contribution in [1.82, 2.24) is 9.78 Å². The Labute approximate surface area is 172 Å². The first kappa shape index (κ1) is 19.8. The SMILES string of the molecule is Cc1nn(-c2ccc(F)cc2F)c(C)c1C(=O)Nc1cccc(N2CCCC2=O)c1. The fourth-order valence-corrected chi connectivity index (χ4v) is 3.73. The van der Waals surface area contributed by atoms with Gasteiger partial charge in [0, 0.05) is 30.4 Å². The number of nitrogens with zero attached hydrogens (tertiary/aromatic N) is 3. The van der Waals surface area contributed by atoms with E-state index in [0.717, 1.165) is 24.2 Å². The molecule has 0 aliphatic carbocycles. The van der Waals surface area contributed by atoms with Crippen LogP contribution in [-0.2, 0) is 4.79 Å². The van der Waals surface area contributed by atoms with Crippen molar-refractivity contribution >= 4 is 23.2 Å². The van der Waals surface area contributed by atoms with Gasteiger partial charge in [0.1, 0.15) is 11.5 Å². The molecular formula is C22H20F2N4O2. The molecule has 8 heteroatoms. The minimum atomic E-state index is -0.768. The van der Waals surface area contributed by atoms with E-state index in [0.29, 0.717) is 35.6 Å². The van der Waals surface area contributed by atoms with E-state index in [9.17, 15) is 18.4 Å². The lowest BCUT2D eigenvalue weighted by Crippen LogP contribution is -2.23. The van der Waals surface area contributed by atoms with E-state index < -0.39 is 17.5 Å². The molecule has 1 N–H and O–H groups in total. The predicted molar refractivity (Wildman–Crippen MR) is 109 cm³/mol. The van der Waals surface area contributed by atoms with Gasteiger partial charge in [-0.15, -0.1) is 0 Å². The van der Waals surface area contributed by atoms with Crippen LogP contribution in [0.5, 0.6) is 0 Å². The quantitative estimate of drug-likeness (QED) is 0.703. The molecule has 0 spiro atoms. The van der Waals surface area contributed by atoms with Gasteiger partial charge in [0.2, 0.25) is 5.91 Å². The summed E-state index contributed by atoms with van der Waals surface area (Å²) in [6, 6.07) is 10.3. The number of rotatable bonds is 4. The maximum atomic E-state index is 14.2. The molecule has 1 fully saturated rings. The van der Waals surface area contributed by atoms with E-state index in [2.05, 4.69) is 10.4 Å². The van der Waals surface area contributed by atoms with Crippen LogP contribution in [0.2, 0.25) is 0 Å². The van der Waals surface area contributed by atoms with Crippen molar-refractivity contribution in [3.8, 4) is 5.69 Å². The first-order valence-corrected chi connectivity index (χ1v) is 9.58. The molecule has 3 aromatic rings. The maximum Gasteiger partial charge on any atom is 0.259 e. The second-order valence-electron chi connectivity index (χ2n) is 7.21. The smallest absolute Gasteiger partial charge is 0.259 e. The minimum absolute atomic E-state index is 0.0607. The Morgan fingerprint density at radius 2 is 1.93 bits per heavy atom. The monoisotopic (exact) mass is 410 g/mol. The Bertz CT molecular complexity index is 1160. The van der Waals surface area contributed by atoms with Gasteiger partial charge in [-0.05, 0) is 50.6 Å². The zero-order chi connectivity index (χ0) is 21.4. The lowest BCUT2D eigenvalue weighted by atomic mass is 10.1. The summed E-state index contributed by atoms with van der Waals surface area (Å²) in [5, 5.41) is 7.09. The Balaban J connectivity index is 1.62. The Morgan fingerprint density at radius 3 is 2.63 bits per heavy atom. The summed E-state index contributed by atoms with van der Waals surface area (Å²) >= 11 is 0. The number of hydrogen-bond acceptors (Lipinski definition) is 3. The van der Waals surface area contributed by atoms with E-state index in [1.165, 1.54) is 10.7 Å². The third-order valence-corrected chi connectivity index (χ3v) is 5.15. The molecule has 6 nitrogen and oxygen atoms in total. The average Bonchev–Trinajstić information content (AvgIpc) is 3.24. The fraction of sp³-hybridized carbons (Fsp3) is 0.227. The number of halogens is 2. The average molecular weight is 410 g/mol. The van der Waals surface area contributed by atoms with Gasteiger partial charge in [0.05, 0.1) is 17.0 Å². The summed E-state index contributed by atoms with van der Waals surface area (Å²) in [6.45, 7) is 3.96. The van der Waals surface area contributed by atoms with Crippen LogP contribution in [0.1, 0.15) is 34.6 Å². The van der Waals surface area contributed by atoms with E-state index >= 15 is 0 Å². The van der Waals surface area contributed by atoms with Crippen molar-refractivity contribution in [2.75, 3.05) is 16.8 Å².